The van der Waals surface area contributed by atoms with E-state index >= 15 is 0 Å². The van der Waals surface area contributed by atoms with Gasteiger partial charge in [-0.05, 0) is 35.7 Å². The number of carbonyl (C=O) groups is 1. The van der Waals surface area contributed by atoms with Crippen LogP contribution >= 0.6 is 11.6 Å². The molecule has 4 nitrogen and oxygen atoms in total. The number of anilines is 1. The van der Waals surface area contributed by atoms with Crippen molar-refractivity contribution in [2.24, 2.45) is 0 Å². The molecule has 0 saturated heterocycles. The van der Waals surface area contributed by atoms with E-state index in [0.717, 1.165) is 17.5 Å². The highest BCUT2D eigenvalue weighted by molar-refractivity contribution is 6.30. The molecule has 1 atom stereocenters. The van der Waals surface area contributed by atoms with Crippen molar-refractivity contribution in [2.75, 3.05) is 11.4 Å². The molecule has 1 aromatic carbocycles. The van der Waals surface area contributed by atoms with Crippen molar-refractivity contribution in [1.29, 1.82) is 0 Å². The van der Waals surface area contributed by atoms with Gasteiger partial charge in [0.2, 0.25) is 0 Å². The van der Waals surface area contributed by atoms with E-state index in [1.807, 2.05) is 11.8 Å². The number of hydrogen-bond acceptors (Lipinski definition) is 3. The molecule has 0 bridgehead atoms. The zero-order chi connectivity index (χ0) is 17.4. The molecule has 0 fully saturated rings. The van der Waals surface area contributed by atoms with Crippen molar-refractivity contribution in [3.05, 3.63) is 57.9 Å². The van der Waals surface area contributed by atoms with E-state index in [1.54, 1.807) is 6.07 Å². The van der Waals surface area contributed by atoms with Gasteiger partial charge < -0.3 is 10.0 Å². The first-order valence-electron chi connectivity index (χ1n) is 7.52. The molecule has 1 aliphatic heterocycles. The summed E-state index contributed by atoms with van der Waals surface area (Å²) in [5.41, 5.74) is 2.19. The van der Waals surface area contributed by atoms with Crippen LogP contribution in [0.4, 0.5) is 14.5 Å². The molecule has 126 valence electrons. The summed E-state index contributed by atoms with van der Waals surface area (Å²) in [5.74, 6) is -2.62. The van der Waals surface area contributed by atoms with Crippen molar-refractivity contribution in [3.63, 3.8) is 0 Å². The van der Waals surface area contributed by atoms with Gasteiger partial charge in [0.15, 0.2) is 0 Å². The Hall–Kier alpha value is -2.21. The van der Waals surface area contributed by atoms with Gasteiger partial charge in [-0.25, -0.2) is 18.6 Å². The number of carboxylic acid groups (broad SMARTS) is 1. The first kappa shape index (κ1) is 16.6. The monoisotopic (exact) mass is 352 g/mol. The van der Waals surface area contributed by atoms with Crippen molar-refractivity contribution in [1.82, 2.24) is 4.98 Å². The molecular formula is C17H15ClF2N2O2. The van der Waals surface area contributed by atoms with Crippen LogP contribution in [0, 0.1) is 11.6 Å². The van der Waals surface area contributed by atoms with Gasteiger partial charge in [0.25, 0.3) is 0 Å². The van der Waals surface area contributed by atoms with Gasteiger partial charge in [-0.1, -0.05) is 18.5 Å². The lowest BCUT2D eigenvalue weighted by atomic mass is 9.88. The number of rotatable bonds is 3. The highest BCUT2D eigenvalue weighted by Gasteiger charge is 2.27. The highest BCUT2D eigenvalue weighted by Crippen LogP contribution is 2.35. The summed E-state index contributed by atoms with van der Waals surface area (Å²) in [6.45, 7) is 2.92. The third kappa shape index (κ3) is 2.94. The van der Waals surface area contributed by atoms with E-state index < -0.39 is 22.6 Å². The van der Waals surface area contributed by atoms with E-state index in [0.29, 0.717) is 18.8 Å². The minimum Gasteiger partial charge on any atom is -0.477 e. The van der Waals surface area contributed by atoms with Crippen LogP contribution in [-0.2, 0) is 6.54 Å². The molecular weight excluding hydrogens is 338 g/mol. The summed E-state index contributed by atoms with van der Waals surface area (Å²) in [4.78, 5) is 16.9. The molecule has 2 aromatic rings. The summed E-state index contributed by atoms with van der Waals surface area (Å²) in [6.07, 6.45) is 2.29. The molecule has 24 heavy (non-hydrogen) atoms. The highest BCUT2D eigenvalue weighted by atomic mass is 35.5. The second-order valence-corrected chi connectivity index (χ2v) is 6.16. The normalized spacial score (nSPS) is 16.8. The van der Waals surface area contributed by atoms with Crippen LogP contribution < -0.4 is 4.90 Å². The Balaban J connectivity index is 1.99. The van der Waals surface area contributed by atoms with Gasteiger partial charge in [-0.3, -0.25) is 0 Å². The fourth-order valence-corrected chi connectivity index (χ4v) is 3.14. The summed E-state index contributed by atoms with van der Waals surface area (Å²) in [6, 6.07) is 4.01. The van der Waals surface area contributed by atoms with Gasteiger partial charge >= 0.3 is 5.97 Å². The molecule has 1 aromatic heterocycles. The molecule has 1 aliphatic rings. The minimum atomic E-state index is -1.07. The van der Waals surface area contributed by atoms with Gasteiger partial charge in [-0.15, -0.1) is 0 Å². The summed E-state index contributed by atoms with van der Waals surface area (Å²) in [5, 5.41) is 8.58. The first-order chi connectivity index (χ1) is 11.4. The number of carboxylic acids is 1. The number of fused-ring (bicyclic) bond motifs is 1. The molecule has 7 heteroatoms. The van der Waals surface area contributed by atoms with E-state index in [2.05, 4.69) is 4.98 Å². The van der Waals surface area contributed by atoms with Gasteiger partial charge in [-0.2, -0.15) is 0 Å². The topological polar surface area (TPSA) is 53.4 Å². The lowest BCUT2D eigenvalue weighted by Crippen LogP contribution is -2.34. The maximum absolute atomic E-state index is 13.7. The van der Waals surface area contributed by atoms with Crippen LogP contribution in [0.3, 0.4) is 0 Å². The molecule has 0 aliphatic carbocycles. The van der Waals surface area contributed by atoms with Gasteiger partial charge in [0, 0.05) is 30.9 Å². The lowest BCUT2D eigenvalue weighted by molar-refractivity contribution is 0.0690. The standard InChI is InChI=1S/C17H15ClF2N2O2/c1-2-9-7-22(11-3-13(19)16(18)14(20)4-11)8-10-6-21-15(17(23)24)5-12(9)10/h3-6,9H,2,7-8H2,1H3,(H,23,24). The zero-order valence-electron chi connectivity index (χ0n) is 12.9. The largest absolute Gasteiger partial charge is 0.477 e. The van der Waals surface area contributed by atoms with E-state index in [4.69, 9.17) is 16.7 Å². The molecule has 1 N–H and O–H groups in total. The van der Waals surface area contributed by atoms with Crippen LogP contribution in [0.25, 0.3) is 0 Å². The lowest BCUT2D eigenvalue weighted by Gasteiger charge is -2.36. The number of nitrogens with zero attached hydrogens (tertiary/aromatic N) is 2. The molecule has 0 spiro atoms. The van der Waals surface area contributed by atoms with Gasteiger partial charge in [0.1, 0.15) is 22.4 Å². The Morgan fingerprint density at radius 3 is 2.62 bits per heavy atom. The van der Waals surface area contributed by atoms with E-state index in [1.165, 1.54) is 18.3 Å². The quantitative estimate of drug-likeness (QED) is 0.840. The predicted octanol–water partition coefficient (Wildman–Crippen LogP) is 4.23. The summed E-state index contributed by atoms with van der Waals surface area (Å²) < 4.78 is 27.5. The molecule has 2 heterocycles. The second-order valence-electron chi connectivity index (χ2n) is 5.78. The molecule has 0 radical (unpaired) electrons. The van der Waals surface area contributed by atoms with Crippen LogP contribution in [0.1, 0.15) is 40.9 Å². The number of benzene rings is 1. The number of aromatic nitrogens is 1. The smallest absolute Gasteiger partial charge is 0.354 e. The van der Waals surface area contributed by atoms with Gasteiger partial charge in [0.05, 0.1) is 0 Å². The Kier molecular flexibility index (Phi) is 4.41. The number of hydrogen-bond donors (Lipinski definition) is 1. The summed E-state index contributed by atoms with van der Waals surface area (Å²) in [7, 11) is 0. The Bertz CT molecular complexity index is 790. The average molecular weight is 353 g/mol. The van der Waals surface area contributed by atoms with Crippen molar-refractivity contribution in [2.45, 2.75) is 25.8 Å². The number of pyridine rings is 1. The molecule has 0 amide bonds. The predicted molar refractivity (Wildman–Crippen MR) is 86.6 cm³/mol. The first-order valence-corrected chi connectivity index (χ1v) is 7.90. The Labute approximate surface area is 142 Å². The molecule has 1 unspecified atom stereocenters. The van der Waals surface area contributed by atoms with Crippen LogP contribution in [-0.4, -0.2) is 22.6 Å². The second kappa shape index (κ2) is 6.36. The average Bonchev–Trinajstić information content (AvgIpc) is 2.57. The third-order valence-electron chi connectivity index (χ3n) is 4.31. The summed E-state index contributed by atoms with van der Waals surface area (Å²) >= 11 is 5.54. The fraction of sp³-hybridized carbons (Fsp3) is 0.294. The Morgan fingerprint density at radius 1 is 1.38 bits per heavy atom. The maximum atomic E-state index is 13.7. The molecule has 3 rings (SSSR count). The molecule has 0 saturated carbocycles. The van der Waals surface area contributed by atoms with Crippen molar-refractivity contribution in [3.8, 4) is 0 Å². The maximum Gasteiger partial charge on any atom is 0.354 e. The number of aromatic carboxylic acids is 1. The van der Waals surface area contributed by atoms with Crippen LogP contribution in [0.5, 0.6) is 0 Å². The van der Waals surface area contributed by atoms with Crippen molar-refractivity contribution < 1.29 is 18.7 Å². The minimum absolute atomic E-state index is 0.00392. The third-order valence-corrected chi connectivity index (χ3v) is 4.67. The SMILES string of the molecule is CCC1CN(c2cc(F)c(Cl)c(F)c2)Cc2cnc(C(=O)O)cc21. The number of halogens is 3. The Morgan fingerprint density at radius 2 is 2.04 bits per heavy atom. The van der Waals surface area contributed by atoms with E-state index in [9.17, 15) is 13.6 Å². The van der Waals surface area contributed by atoms with Crippen LogP contribution in [0.15, 0.2) is 24.4 Å². The van der Waals surface area contributed by atoms with Crippen LogP contribution in [0.2, 0.25) is 5.02 Å². The fourth-order valence-electron chi connectivity index (χ4n) is 3.03. The van der Waals surface area contributed by atoms with Crippen molar-refractivity contribution >= 4 is 23.3 Å². The van der Waals surface area contributed by atoms with E-state index in [-0.39, 0.29) is 11.6 Å². The zero-order valence-corrected chi connectivity index (χ0v) is 13.6.